The number of rotatable bonds is 3. The largest absolute Gasteiger partial charge is 0.294 e. The highest BCUT2D eigenvalue weighted by Crippen LogP contribution is 2.22. The van der Waals surface area contributed by atoms with Gasteiger partial charge in [0.1, 0.15) is 0 Å². The molecular formula is C12H10ClNOS. The molecule has 0 saturated carbocycles. The van der Waals surface area contributed by atoms with Crippen LogP contribution in [0.4, 0.5) is 0 Å². The van der Waals surface area contributed by atoms with Crippen molar-refractivity contribution < 1.29 is 4.79 Å². The summed E-state index contributed by atoms with van der Waals surface area (Å²) in [5.74, 6) is 0.0750. The van der Waals surface area contributed by atoms with E-state index in [0.29, 0.717) is 16.3 Å². The maximum Gasteiger partial charge on any atom is 0.169 e. The Morgan fingerprint density at radius 3 is 2.75 bits per heavy atom. The van der Waals surface area contributed by atoms with Crippen molar-refractivity contribution in [1.29, 1.82) is 0 Å². The second-order valence-corrected chi connectivity index (χ2v) is 5.29. The minimum atomic E-state index is 0.0750. The Balaban J connectivity index is 2.11. The summed E-state index contributed by atoms with van der Waals surface area (Å²) in [5, 5.41) is 0. The first kappa shape index (κ1) is 11.3. The van der Waals surface area contributed by atoms with Crippen LogP contribution in [0.15, 0.2) is 30.5 Å². The molecule has 2 aromatic heterocycles. The first-order valence-corrected chi connectivity index (χ1v) is 6.04. The molecule has 0 saturated heterocycles. The summed E-state index contributed by atoms with van der Waals surface area (Å²) >= 11 is 7.24. The summed E-state index contributed by atoms with van der Waals surface area (Å²) < 4.78 is 0.713. The molecule has 2 rings (SSSR count). The molecule has 0 fully saturated rings. The summed E-state index contributed by atoms with van der Waals surface area (Å²) in [5.41, 5.74) is 1.56. The molecule has 0 radical (unpaired) electrons. The molecule has 0 aromatic carbocycles. The van der Waals surface area contributed by atoms with E-state index in [2.05, 4.69) is 4.98 Å². The maximum atomic E-state index is 11.9. The Morgan fingerprint density at radius 2 is 2.19 bits per heavy atom. The number of aryl methyl sites for hydroxylation is 1. The minimum absolute atomic E-state index is 0.0750. The summed E-state index contributed by atoms with van der Waals surface area (Å²) in [6, 6.07) is 7.34. The normalized spacial score (nSPS) is 10.4. The fourth-order valence-electron chi connectivity index (χ4n) is 1.34. The maximum absolute atomic E-state index is 11.9. The molecule has 0 aliphatic carbocycles. The summed E-state index contributed by atoms with van der Waals surface area (Å²) in [6.07, 6.45) is 2.01. The minimum Gasteiger partial charge on any atom is -0.294 e. The van der Waals surface area contributed by atoms with Crippen molar-refractivity contribution in [3.63, 3.8) is 0 Å². The third-order valence-corrected chi connectivity index (χ3v) is 3.43. The van der Waals surface area contributed by atoms with Gasteiger partial charge in [-0.15, -0.1) is 11.3 Å². The number of carbonyl (C=O) groups is 1. The Hall–Kier alpha value is -1.19. The van der Waals surface area contributed by atoms with Crippen LogP contribution < -0.4 is 0 Å². The molecule has 0 bridgehead atoms. The Bertz CT molecular complexity index is 504. The SMILES string of the molecule is Cc1ccc(C(=O)Cc2ccc(Cl)s2)cn1. The lowest BCUT2D eigenvalue weighted by atomic mass is 10.1. The van der Waals surface area contributed by atoms with Gasteiger partial charge in [0, 0.05) is 28.8 Å². The van der Waals surface area contributed by atoms with Crippen LogP contribution >= 0.6 is 22.9 Å². The van der Waals surface area contributed by atoms with E-state index in [1.54, 1.807) is 12.3 Å². The van der Waals surface area contributed by atoms with Gasteiger partial charge in [-0.25, -0.2) is 0 Å². The lowest BCUT2D eigenvalue weighted by Gasteiger charge is -1.99. The van der Waals surface area contributed by atoms with Gasteiger partial charge in [-0.2, -0.15) is 0 Å². The van der Waals surface area contributed by atoms with Crippen molar-refractivity contribution in [2.24, 2.45) is 0 Å². The van der Waals surface area contributed by atoms with E-state index < -0.39 is 0 Å². The molecule has 16 heavy (non-hydrogen) atoms. The van der Waals surface area contributed by atoms with E-state index in [-0.39, 0.29) is 5.78 Å². The molecule has 0 aliphatic rings. The zero-order chi connectivity index (χ0) is 11.5. The smallest absolute Gasteiger partial charge is 0.169 e. The van der Waals surface area contributed by atoms with E-state index in [4.69, 9.17) is 11.6 Å². The van der Waals surface area contributed by atoms with Gasteiger partial charge in [-0.1, -0.05) is 11.6 Å². The molecule has 2 heterocycles. The number of nitrogens with zero attached hydrogens (tertiary/aromatic N) is 1. The molecule has 4 heteroatoms. The number of Topliss-reactive ketones (excluding diaryl/α,β-unsaturated/α-hetero) is 1. The lowest BCUT2D eigenvalue weighted by Crippen LogP contribution is -2.02. The standard InChI is InChI=1S/C12H10ClNOS/c1-8-2-3-9(7-14-8)11(15)6-10-4-5-12(13)16-10/h2-5,7H,6H2,1H3. The molecule has 82 valence electrons. The summed E-state index contributed by atoms with van der Waals surface area (Å²) in [6.45, 7) is 1.90. The van der Waals surface area contributed by atoms with Gasteiger partial charge in [0.15, 0.2) is 5.78 Å². The Labute approximate surface area is 103 Å². The van der Waals surface area contributed by atoms with Crippen molar-refractivity contribution >= 4 is 28.7 Å². The number of aromatic nitrogens is 1. The molecule has 0 amide bonds. The highest BCUT2D eigenvalue weighted by Gasteiger charge is 2.08. The first-order valence-electron chi connectivity index (χ1n) is 4.85. The van der Waals surface area contributed by atoms with Gasteiger partial charge >= 0.3 is 0 Å². The molecule has 2 aromatic rings. The molecular weight excluding hydrogens is 242 g/mol. The fraction of sp³-hybridized carbons (Fsp3) is 0.167. The van der Waals surface area contributed by atoms with E-state index in [1.807, 2.05) is 25.1 Å². The molecule has 0 N–H and O–H groups in total. The fourth-order valence-corrected chi connectivity index (χ4v) is 2.43. The number of pyridine rings is 1. The predicted molar refractivity (Wildman–Crippen MR) is 66.3 cm³/mol. The van der Waals surface area contributed by atoms with Crippen LogP contribution in [0.2, 0.25) is 4.34 Å². The average Bonchev–Trinajstić information content (AvgIpc) is 2.65. The van der Waals surface area contributed by atoms with Crippen molar-refractivity contribution in [2.75, 3.05) is 0 Å². The quantitative estimate of drug-likeness (QED) is 0.781. The van der Waals surface area contributed by atoms with Gasteiger partial charge < -0.3 is 0 Å². The second kappa shape index (κ2) is 4.76. The van der Waals surface area contributed by atoms with Gasteiger partial charge in [0.2, 0.25) is 0 Å². The number of thiophene rings is 1. The van der Waals surface area contributed by atoms with Gasteiger partial charge in [-0.05, 0) is 31.2 Å². The summed E-state index contributed by atoms with van der Waals surface area (Å²) in [4.78, 5) is 16.9. The van der Waals surface area contributed by atoms with E-state index >= 15 is 0 Å². The van der Waals surface area contributed by atoms with Crippen LogP contribution in [0, 0.1) is 6.92 Å². The first-order chi connectivity index (χ1) is 7.65. The van der Waals surface area contributed by atoms with Crippen LogP contribution in [-0.4, -0.2) is 10.8 Å². The molecule has 0 aliphatic heterocycles. The highest BCUT2D eigenvalue weighted by molar-refractivity contribution is 7.16. The molecule has 0 atom stereocenters. The van der Waals surface area contributed by atoms with Crippen molar-refractivity contribution in [3.05, 3.63) is 50.9 Å². The molecule has 2 nitrogen and oxygen atoms in total. The van der Waals surface area contributed by atoms with E-state index in [9.17, 15) is 4.79 Å². The monoisotopic (exact) mass is 251 g/mol. The third kappa shape index (κ3) is 2.68. The van der Waals surface area contributed by atoms with Crippen LogP contribution in [-0.2, 0) is 6.42 Å². The number of hydrogen-bond donors (Lipinski definition) is 0. The number of halogens is 1. The number of ketones is 1. The lowest BCUT2D eigenvalue weighted by molar-refractivity contribution is 0.0993. The Kier molecular flexibility index (Phi) is 3.36. The summed E-state index contributed by atoms with van der Waals surface area (Å²) in [7, 11) is 0. The van der Waals surface area contributed by atoms with Gasteiger partial charge in [-0.3, -0.25) is 9.78 Å². The third-order valence-electron chi connectivity index (χ3n) is 2.20. The van der Waals surface area contributed by atoms with Crippen molar-refractivity contribution in [2.45, 2.75) is 13.3 Å². The number of hydrogen-bond acceptors (Lipinski definition) is 3. The average molecular weight is 252 g/mol. The van der Waals surface area contributed by atoms with Crippen molar-refractivity contribution in [3.8, 4) is 0 Å². The van der Waals surface area contributed by atoms with Gasteiger partial charge in [0.25, 0.3) is 0 Å². The van der Waals surface area contributed by atoms with E-state index in [1.165, 1.54) is 11.3 Å². The van der Waals surface area contributed by atoms with Gasteiger partial charge in [0.05, 0.1) is 4.34 Å². The second-order valence-electron chi connectivity index (χ2n) is 3.49. The zero-order valence-electron chi connectivity index (χ0n) is 8.74. The van der Waals surface area contributed by atoms with Crippen LogP contribution in [0.3, 0.4) is 0 Å². The highest BCUT2D eigenvalue weighted by atomic mass is 35.5. The van der Waals surface area contributed by atoms with Crippen LogP contribution in [0.1, 0.15) is 20.9 Å². The predicted octanol–water partition coefficient (Wildman–Crippen LogP) is 3.53. The number of carbonyl (C=O) groups excluding carboxylic acids is 1. The van der Waals surface area contributed by atoms with Crippen LogP contribution in [0.5, 0.6) is 0 Å². The topological polar surface area (TPSA) is 30.0 Å². The van der Waals surface area contributed by atoms with Crippen LogP contribution in [0.25, 0.3) is 0 Å². The zero-order valence-corrected chi connectivity index (χ0v) is 10.3. The Morgan fingerprint density at radius 1 is 1.38 bits per heavy atom. The van der Waals surface area contributed by atoms with E-state index in [0.717, 1.165) is 10.6 Å². The van der Waals surface area contributed by atoms with Crippen molar-refractivity contribution in [1.82, 2.24) is 4.98 Å². The molecule has 0 spiro atoms. The molecule has 0 unspecified atom stereocenters.